The number of rotatable bonds is 6. The van der Waals surface area contributed by atoms with Crippen LogP contribution in [-0.4, -0.2) is 46.5 Å². The monoisotopic (exact) mass is 473 g/mol. The molecule has 164 valence electrons. The molecule has 1 aromatic carbocycles. The SMILES string of the molecule is C#CCn1c(=O)n(-c2nnc(C(F)F)s2)c2cc(S(=O)(=O)NC3(C)COC3)c(F)cc21. The Labute approximate surface area is 177 Å². The molecule has 3 heterocycles. The quantitative estimate of drug-likeness (QED) is 0.543. The molecule has 1 N–H and O–H groups in total. The van der Waals surface area contributed by atoms with Crippen molar-refractivity contribution >= 4 is 32.4 Å². The molecule has 0 aliphatic carbocycles. The molecule has 2 aromatic heterocycles. The van der Waals surface area contributed by atoms with Gasteiger partial charge in [-0.1, -0.05) is 17.3 Å². The van der Waals surface area contributed by atoms with Crippen molar-refractivity contribution < 1.29 is 26.3 Å². The van der Waals surface area contributed by atoms with Crippen LogP contribution in [0.4, 0.5) is 13.2 Å². The van der Waals surface area contributed by atoms with Crippen LogP contribution in [0.3, 0.4) is 0 Å². The molecule has 1 saturated heterocycles. The second-order valence-electron chi connectivity index (χ2n) is 7.06. The summed E-state index contributed by atoms with van der Waals surface area (Å²) in [5.41, 5.74) is -1.80. The van der Waals surface area contributed by atoms with Crippen LogP contribution in [-0.2, 0) is 21.3 Å². The summed E-state index contributed by atoms with van der Waals surface area (Å²) in [5.74, 6) is 1.13. The van der Waals surface area contributed by atoms with Gasteiger partial charge < -0.3 is 4.74 Å². The van der Waals surface area contributed by atoms with Crippen LogP contribution in [0.15, 0.2) is 21.8 Å². The molecular formula is C17H14F3N5O4S2. The minimum absolute atomic E-state index is 0.0219. The fourth-order valence-corrected chi connectivity index (χ4v) is 5.31. The van der Waals surface area contributed by atoms with Gasteiger partial charge in [0.15, 0.2) is 5.01 Å². The standard InChI is InChI=1S/C17H14F3N5O4S2/c1-3-4-24-10-5-9(18)12(31(27,28)23-17(2)7-29-8-17)6-11(10)25(16(24)26)15-22-21-14(30-15)13(19)20/h1,5-6,13,23H,4,7-8H2,2H3. The Balaban J connectivity index is 1.95. The van der Waals surface area contributed by atoms with E-state index in [-0.39, 0.29) is 35.9 Å². The van der Waals surface area contributed by atoms with E-state index in [0.717, 1.165) is 21.3 Å². The molecule has 0 bridgehead atoms. The van der Waals surface area contributed by atoms with Gasteiger partial charge in [0.1, 0.15) is 10.7 Å². The summed E-state index contributed by atoms with van der Waals surface area (Å²) in [6.45, 7) is 1.56. The van der Waals surface area contributed by atoms with Crippen LogP contribution in [0.5, 0.6) is 0 Å². The average Bonchev–Trinajstić information content (AvgIpc) is 3.24. The van der Waals surface area contributed by atoms with Gasteiger partial charge in [0.05, 0.1) is 36.3 Å². The van der Waals surface area contributed by atoms with Crippen molar-refractivity contribution in [2.45, 2.75) is 30.3 Å². The molecule has 0 amide bonds. The zero-order chi connectivity index (χ0) is 22.6. The molecule has 0 spiro atoms. The van der Waals surface area contributed by atoms with Crippen LogP contribution >= 0.6 is 11.3 Å². The number of alkyl halides is 2. The van der Waals surface area contributed by atoms with Gasteiger partial charge in [-0.3, -0.25) is 4.57 Å². The summed E-state index contributed by atoms with van der Waals surface area (Å²) < 4.78 is 75.6. The molecule has 0 radical (unpaired) electrons. The first-order valence-corrected chi connectivity index (χ1v) is 11.0. The van der Waals surface area contributed by atoms with Gasteiger partial charge in [0, 0.05) is 6.07 Å². The number of nitrogens with zero attached hydrogens (tertiary/aromatic N) is 4. The summed E-state index contributed by atoms with van der Waals surface area (Å²) in [6, 6.07) is 1.79. The summed E-state index contributed by atoms with van der Waals surface area (Å²) in [7, 11) is -4.35. The highest BCUT2D eigenvalue weighted by molar-refractivity contribution is 7.89. The van der Waals surface area contributed by atoms with Gasteiger partial charge in [-0.15, -0.1) is 16.6 Å². The van der Waals surface area contributed by atoms with E-state index in [1.54, 1.807) is 6.92 Å². The van der Waals surface area contributed by atoms with E-state index < -0.39 is 43.4 Å². The first-order chi connectivity index (χ1) is 14.6. The highest BCUT2D eigenvalue weighted by atomic mass is 32.2. The first kappa shape index (κ1) is 21.5. The smallest absolute Gasteiger partial charge is 0.336 e. The maximum Gasteiger partial charge on any atom is 0.336 e. The van der Waals surface area contributed by atoms with Gasteiger partial charge in [0.2, 0.25) is 15.2 Å². The summed E-state index contributed by atoms with van der Waals surface area (Å²) in [6.07, 6.45) is 2.37. The number of fused-ring (bicyclic) bond motifs is 1. The summed E-state index contributed by atoms with van der Waals surface area (Å²) in [5, 5.41) is 6.08. The van der Waals surface area contributed by atoms with Crippen LogP contribution in [0, 0.1) is 18.2 Å². The number of hydrogen-bond acceptors (Lipinski definition) is 7. The molecular weight excluding hydrogens is 459 g/mol. The first-order valence-electron chi connectivity index (χ1n) is 8.68. The molecule has 9 nitrogen and oxygen atoms in total. The predicted octanol–water partition coefficient (Wildman–Crippen LogP) is 1.42. The molecule has 1 aliphatic heterocycles. The Hall–Kier alpha value is -2.73. The van der Waals surface area contributed by atoms with E-state index in [0.29, 0.717) is 11.3 Å². The van der Waals surface area contributed by atoms with Crippen molar-refractivity contribution in [3.05, 3.63) is 33.4 Å². The van der Waals surface area contributed by atoms with Gasteiger partial charge in [-0.25, -0.2) is 35.7 Å². The molecule has 31 heavy (non-hydrogen) atoms. The minimum atomic E-state index is -4.35. The third kappa shape index (κ3) is 3.63. The Morgan fingerprint density at radius 1 is 1.35 bits per heavy atom. The van der Waals surface area contributed by atoms with Crippen molar-refractivity contribution in [1.82, 2.24) is 24.1 Å². The number of imidazole rings is 1. The van der Waals surface area contributed by atoms with E-state index in [4.69, 9.17) is 11.2 Å². The number of ether oxygens (including phenoxy) is 1. The molecule has 0 unspecified atom stereocenters. The van der Waals surface area contributed by atoms with E-state index in [2.05, 4.69) is 20.8 Å². The fraction of sp³-hybridized carbons (Fsp3) is 0.353. The molecule has 3 aromatic rings. The third-order valence-corrected chi connectivity index (χ3v) is 7.12. The van der Waals surface area contributed by atoms with E-state index in [1.807, 2.05) is 0 Å². The van der Waals surface area contributed by atoms with Crippen molar-refractivity contribution in [2.75, 3.05) is 13.2 Å². The fourth-order valence-electron chi connectivity index (χ4n) is 3.14. The molecule has 0 atom stereocenters. The van der Waals surface area contributed by atoms with E-state index in [1.165, 1.54) is 0 Å². The molecule has 0 saturated carbocycles. The number of terminal acetylenes is 1. The number of sulfonamides is 1. The normalized spacial score (nSPS) is 15.9. The lowest BCUT2D eigenvalue weighted by Crippen LogP contribution is -2.59. The van der Waals surface area contributed by atoms with Crippen LogP contribution in [0.1, 0.15) is 18.4 Å². The highest BCUT2D eigenvalue weighted by Gasteiger charge is 2.39. The molecule has 1 fully saturated rings. The third-order valence-electron chi connectivity index (χ3n) is 4.55. The lowest BCUT2D eigenvalue weighted by Gasteiger charge is -2.38. The lowest BCUT2D eigenvalue weighted by atomic mass is 10.0. The Morgan fingerprint density at radius 2 is 2.06 bits per heavy atom. The highest BCUT2D eigenvalue weighted by Crippen LogP contribution is 2.29. The number of aromatic nitrogens is 4. The van der Waals surface area contributed by atoms with Crippen molar-refractivity contribution in [2.24, 2.45) is 0 Å². The number of hydrogen-bond donors (Lipinski definition) is 1. The average molecular weight is 473 g/mol. The Bertz CT molecular complexity index is 1380. The number of benzene rings is 1. The van der Waals surface area contributed by atoms with Crippen LogP contribution < -0.4 is 10.4 Å². The summed E-state index contributed by atoms with van der Waals surface area (Å²) in [4.78, 5) is 12.2. The van der Waals surface area contributed by atoms with Gasteiger partial charge >= 0.3 is 5.69 Å². The zero-order valence-electron chi connectivity index (χ0n) is 15.8. The number of halogens is 3. The zero-order valence-corrected chi connectivity index (χ0v) is 17.4. The van der Waals surface area contributed by atoms with E-state index >= 15 is 0 Å². The maximum absolute atomic E-state index is 14.8. The Morgan fingerprint density at radius 3 is 2.61 bits per heavy atom. The van der Waals surface area contributed by atoms with Crippen LogP contribution in [0.25, 0.3) is 16.2 Å². The largest absolute Gasteiger partial charge is 0.377 e. The topological polar surface area (TPSA) is 108 Å². The number of nitrogens with one attached hydrogen (secondary N) is 1. The second kappa shape index (κ2) is 7.45. The molecule has 14 heteroatoms. The predicted molar refractivity (Wildman–Crippen MR) is 104 cm³/mol. The van der Waals surface area contributed by atoms with E-state index in [9.17, 15) is 26.4 Å². The molecule has 4 rings (SSSR count). The van der Waals surface area contributed by atoms with Crippen LogP contribution in [0.2, 0.25) is 0 Å². The van der Waals surface area contributed by atoms with Gasteiger partial charge in [-0.05, 0) is 13.0 Å². The van der Waals surface area contributed by atoms with Gasteiger partial charge in [-0.2, -0.15) is 0 Å². The van der Waals surface area contributed by atoms with Crippen molar-refractivity contribution in [1.29, 1.82) is 0 Å². The lowest BCUT2D eigenvalue weighted by molar-refractivity contribution is -0.0523. The molecule has 1 aliphatic rings. The Kier molecular flexibility index (Phi) is 5.16. The maximum atomic E-state index is 14.8. The van der Waals surface area contributed by atoms with Crippen molar-refractivity contribution in [3.8, 4) is 17.5 Å². The van der Waals surface area contributed by atoms with Crippen molar-refractivity contribution in [3.63, 3.8) is 0 Å². The van der Waals surface area contributed by atoms with Gasteiger partial charge in [0.25, 0.3) is 6.43 Å². The second-order valence-corrected chi connectivity index (χ2v) is 9.70. The minimum Gasteiger partial charge on any atom is -0.377 e. The summed E-state index contributed by atoms with van der Waals surface area (Å²) >= 11 is 0.445.